The summed E-state index contributed by atoms with van der Waals surface area (Å²) in [6.07, 6.45) is 0.880. The number of benzene rings is 3. The van der Waals surface area contributed by atoms with Crippen LogP contribution in [0, 0.1) is 0 Å². The van der Waals surface area contributed by atoms with Gasteiger partial charge in [-0.15, -0.1) is 0 Å². The molecular weight excluding hydrogens is 404 g/mol. The first-order valence-corrected chi connectivity index (χ1v) is 10.5. The van der Waals surface area contributed by atoms with Crippen LogP contribution in [-0.2, 0) is 4.79 Å². The van der Waals surface area contributed by atoms with Crippen LogP contribution >= 0.6 is 0 Å². The molecule has 0 saturated heterocycles. The summed E-state index contributed by atoms with van der Waals surface area (Å²) >= 11 is 0. The van der Waals surface area contributed by atoms with Gasteiger partial charge in [-0.25, -0.2) is 5.43 Å². The van der Waals surface area contributed by atoms with Crippen molar-refractivity contribution in [1.82, 2.24) is 5.43 Å². The second-order valence-corrected chi connectivity index (χ2v) is 7.46. The fourth-order valence-corrected chi connectivity index (χ4v) is 2.99. The highest BCUT2D eigenvalue weighted by atomic mass is 16.5. The van der Waals surface area contributed by atoms with Crippen molar-refractivity contribution in [1.29, 1.82) is 0 Å². The van der Waals surface area contributed by atoms with Crippen molar-refractivity contribution in [2.45, 2.75) is 33.0 Å². The van der Waals surface area contributed by atoms with Crippen molar-refractivity contribution in [2.24, 2.45) is 5.10 Å². The minimum absolute atomic E-state index is 0.0405. The minimum Gasteiger partial charge on any atom is -0.493 e. The summed E-state index contributed by atoms with van der Waals surface area (Å²) in [5, 5.41) is 4.02. The highest BCUT2D eigenvalue weighted by Gasteiger charge is 2.14. The fraction of sp³-hybridized carbons (Fsp3) is 0.231. The van der Waals surface area contributed by atoms with Gasteiger partial charge in [-0.2, -0.15) is 5.10 Å². The highest BCUT2D eigenvalue weighted by molar-refractivity contribution is 5.85. The molecule has 1 amide bonds. The molecule has 1 unspecified atom stereocenters. The molecule has 0 heterocycles. The molecule has 0 fully saturated rings. The van der Waals surface area contributed by atoms with Gasteiger partial charge in [-0.3, -0.25) is 4.79 Å². The van der Waals surface area contributed by atoms with E-state index in [2.05, 4.69) is 10.5 Å². The summed E-state index contributed by atoms with van der Waals surface area (Å²) in [6.45, 7) is 5.58. The van der Waals surface area contributed by atoms with E-state index in [-0.39, 0.29) is 12.0 Å². The van der Waals surface area contributed by atoms with Crippen LogP contribution in [0.25, 0.3) is 11.1 Å². The number of amides is 1. The van der Waals surface area contributed by atoms with E-state index in [1.54, 1.807) is 26.3 Å². The Balaban J connectivity index is 1.55. The van der Waals surface area contributed by atoms with Crippen molar-refractivity contribution in [3.05, 3.63) is 78.4 Å². The molecule has 32 heavy (non-hydrogen) atoms. The van der Waals surface area contributed by atoms with Crippen molar-refractivity contribution < 1.29 is 19.0 Å². The van der Waals surface area contributed by atoms with Crippen LogP contribution in [0.4, 0.5) is 0 Å². The molecular formula is C26H28N2O4. The zero-order chi connectivity index (χ0) is 22.9. The van der Waals surface area contributed by atoms with Gasteiger partial charge >= 0.3 is 0 Å². The topological polar surface area (TPSA) is 69.2 Å². The van der Waals surface area contributed by atoms with E-state index in [1.807, 2.05) is 80.6 Å². The number of rotatable bonds is 9. The lowest BCUT2D eigenvalue weighted by Gasteiger charge is -2.14. The van der Waals surface area contributed by atoms with Gasteiger partial charge in [0.25, 0.3) is 5.91 Å². The first kappa shape index (κ1) is 22.9. The van der Waals surface area contributed by atoms with Crippen LogP contribution in [0.1, 0.15) is 26.3 Å². The molecule has 3 rings (SSSR count). The largest absolute Gasteiger partial charge is 0.493 e. The molecule has 0 aliphatic carbocycles. The predicted octanol–water partition coefficient (Wildman–Crippen LogP) is 5.07. The Morgan fingerprint density at radius 2 is 1.56 bits per heavy atom. The third kappa shape index (κ3) is 6.35. The summed E-state index contributed by atoms with van der Waals surface area (Å²) in [6, 6.07) is 23.1. The average Bonchev–Trinajstić information content (AvgIpc) is 2.80. The molecule has 0 aliphatic heterocycles. The molecule has 6 heteroatoms. The van der Waals surface area contributed by atoms with E-state index >= 15 is 0 Å². The second kappa shape index (κ2) is 11.0. The van der Waals surface area contributed by atoms with E-state index in [0.717, 1.165) is 16.7 Å². The minimum atomic E-state index is -0.703. The van der Waals surface area contributed by atoms with E-state index in [4.69, 9.17) is 14.2 Å². The summed E-state index contributed by atoms with van der Waals surface area (Å²) in [4.78, 5) is 12.3. The molecule has 0 aliphatic rings. The second-order valence-electron chi connectivity index (χ2n) is 7.46. The maximum absolute atomic E-state index is 12.3. The van der Waals surface area contributed by atoms with Gasteiger partial charge < -0.3 is 14.2 Å². The zero-order valence-corrected chi connectivity index (χ0v) is 18.7. The maximum Gasteiger partial charge on any atom is 0.280 e. The van der Waals surface area contributed by atoms with Gasteiger partial charge in [0, 0.05) is 0 Å². The van der Waals surface area contributed by atoms with Crippen molar-refractivity contribution >= 4 is 12.1 Å². The SMILES string of the molecule is COc1cc(/C=N/NC(=O)C(C)Oc2ccc(-c3ccccc3)cc2)ccc1OC(C)C. The van der Waals surface area contributed by atoms with Crippen LogP contribution < -0.4 is 19.6 Å². The normalized spacial score (nSPS) is 11.9. The van der Waals surface area contributed by atoms with Crippen LogP contribution in [-0.4, -0.2) is 31.4 Å². The Labute approximate surface area is 188 Å². The van der Waals surface area contributed by atoms with Gasteiger partial charge in [0.05, 0.1) is 19.4 Å². The summed E-state index contributed by atoms with van der Waals surface area (Å²) in [7, 11) is 1.58. The molecule has 0 spiro atoms. The number of hydrazone groups is 1. The van der Waals surface area contributed by atoms with Gasteiger partial charge in [0.2, 0.25) is 0 Å². The van der Waals surface area contributed by atoms with E-state index in [1.165, 1.54) is 0 Å². The van der Waals surface area contributed by atoms with E-state index in [9.17, 15) is 4.79 Å². The molecule has 3 aromatic rings. The lowest BCUT2D eigenvalue weighted by molar-refractivity contribution is -0.127. The van der Waals surface area contributed by atoms with Gasteiger partial charge in [-0.1, -0.05) is 42.5 Å². The first-order chi connectivity index (χ1) is 15.5. The standard InChI is InChI=1S/C26H28N2O4/c1-18(2)31-24-15-10-20(16-25(24)30-4)17-27-28-26(29)19(3)32-23-13-11-22(12-14-23)21-8-6-5-7-9-21/h5-19H,1-4H3,(H,28,29)/b27-17+. The lowest BCUT2D eigenvalue weighted by atomic mass is 10.1. The van der Waals surface area contributed by atoms with Gasteiger partial charge in [0.15, 0.2) is 17.6 Å². The molecule has 1 atom stereocenters. The van der Waals surface area contributed by atoms with Crippen LogP contribution in [0.2, 0.25) is 0 Å². The van der Waals surface area contributed by atoms with Crippen molar-refractivity contribution in [3.63, 3.8) is 0 Å². The fourth-order valence-electron chi connectivity index (χ4n) is 2.99. The van der Waals surface area contributed by atoms with E-state index < -0.39 is 6.10 Å². The molecule has 0 saturated carbocycles. The Hall–Kier alpha value is -3.80. The Morgan fingerprint density at radius 3 is 2.22 bits per heavy atom. The molecule has 0 bridgehead atoms. The maximum atomic E-state index is 12.3. The number of hydrogen-bond donors (Lipinski definition) is 1. The van der Waals surface area contributed by atoms with Crippen molar-refractivity contribution in [2.75, 3.05) is 7.11 Å². The Morgan fingerprint density at radius 1 is 0.875 bits per heavy atom. The first-order valence-electron chi connectivity index (χ1n) is 10.5. The van der Waals surface area contributed by atoms with Gasteiger partial charge in [-0.05, 0) is 67.8 Å². The van der Waals surface area contributed by atoms with E-state index in [0.29, 0.717) is 17.2 Å². The highest BCUT2D eigenvalue weighted by Crippen LogP contribution is 2.28. The van der Waals surface area contributed by atoms with Crippen LogP contribution in [0.15, 0.2) is 77.9 Å². The summed E-state index contributed by atoms with van der Waals surface area (Å²) in [5.41, 5.74) is 5.48. The average molecular weight is 433 g/mol. The molecule has 166 valence electrons. The monoisotopic (exact) mass is 432 g/mol. The molecule has 0 radical (unpaired) electrons. The van der Waals surface area contributed by atoms with Crippen LogP contribution in [0.3, 0.4) is 0 Å². The third-order valence-electron chi connectivity index (χ3n) is 4.58. The zero-order valence-electron chi connectivity index (χ0n) is 18.7. The molecule has 3 aromatic carbocycles. The van der Waals surface area contributed by atoms with Gasteiger partial charge in [0.1, 0.15) is 5.75 Å². The number of ether oxygens (including phenoxy) is 3. The molecule has 0 aromatic heterocycles. The smallest absolute Gasteiger partial charge is 0.280 e. The van der Waals surface area contributed by atoms with Crippen LogP contribution in [0.5, 0.6) is 17.2 Å². The van der Waals surface area contributed by atoms with Crippen molar-refractivity contribution in [3.8, 4) is 28.4 Å². The number of hydrogen-bond acceptors (Lipinski definition) is 5. The Bertz CT molecular complexity index is 1050. The lowest BCUT2D eigenvalue weighted by Crippen LogP contribution is -2.33. The molecule has 1 N–H and O–H groups in total. The molecule has 6 nitrogen and oxygen atoms in total. The Kier molecular flexibility index (Phi) is 7.86. The predicted molar refractivity (Wildman–Crippen MR) is 126 cm³/mol. The number of carbonyl (C=O) groups is 1. The quantitative estimate of drug-likeness (QED) is 0.379. The number of nitrogens with one attached hydrogen (secondary N) is 1. The number of nitrogens with zero attached hydrogens (tertiary/aromatic N) is 1. The number of methoxy groups -OCH3 is 1. The summed E-state index contributed by atoms with van der Waals surface area (Å²) in [5.74, 6) is 1.52. The third-order valence-corrected chi connectivity index (χ3v) is 4.58. The number of carbonyl (C=O) groups excluding carboxylic acids is 1. The summed E-state index contributed by atoms with van der Waals surface area (Å²) < 4.78 is 16.8.